The van der Waals surface area contributed by atoms with E-state index in [-0.39, 0.29) is 23.6 Å². The molecule has 2 amide bonds. The highest BCUT2D eigenvalue weighted by Gasteiger charge is 2.31. The second kappa shape index (κ2) is 9.92. The van der Waals surface area contributed by atoms with Crippen LogP contribution in [0.4, 0.5) is 18.9 Å². The minimum Gasteiger partial charge on any atom is -0.497 e. The molecule has 2 N–H and O–H groups in total. The molecule has 0 spiro atoms. The van der Waals surface area contributed by atoms with Gasteiger partial charge < -0.3 is 10.1 Å². The maximum Gasteiger partial charge on any atom is 0.416 e. The molecule has 0 aliphatic heterocycles. The van der Waals surface area contributed by atoms with E-state index in [0.29, 0.717) is 5.75 Å². The molecule has 0 atom stereocenters. The molecule has 0 bridgehead atoms. The molecule has 29 heavy (non-hydrogen) atoms. The standard InChI is InChI=1S/C19H17ClF3N3O3/c1-29-14-5-2-12(3-6-14)11-24-26-18(28)9-8-17(27)25-16-10-13(19(21,22)23)4-7-15(16)20/h2-7,10-11H,8-9H2,1H3,(H,25,27)(H,26,28). The van der Waals surface area contributed by atoms with Gasteiger partial charge in [0.25, 0.3) is 0 Å². The molecular weight excluding hydrogens is 411 g/mol. The predicted octanol–water partition coefficient (Wildman–Crippen LogP) is 4.24. The SMILES string of the molecule is COc1ccc(C=NNC(=O)CCC(=O)Nc2cc(C(F)(F)F)ccc2Cl)cc1. The van der Waals surface area contributed by atoms with E-state index in [4.69, 9.17) is 16.3 Å². The Morgan fingerprint density at radius 2 is 1.76 bits per heavy atom. The summed E-state index contributed by atoms with van der Waals surface area (Å²) in [5.74, 6) is -0.501. The fourth-order valence-corrected chi connectivity index (χ4v) is 2.33. The van der Waals surface area contributed by atoms with Crippen LogP contribution in [-0.2, 0) is 15.8 Å². The summed E-state index contributed by atoms with van der Waals surface area (Å²) in [7, 11) is 1.54. The number of hydrogen-bond acceptors (Lipinski definition) is 4. The Labute approximate surface area is 169 Å². The smallest absolute Gasteiger partial charge is 0.416 e. The van der Waals surface area contributed by atoms with Crippen molar-refractivity contribution in [2.45, 2.75) is 19.0 Å². The number of hydrazone groups is 1. The summed E-state index contributed by atoms with van der Waals surface area (Å²) in [6.07, 6.45) is -3.61. The van der Waals surface area contributed by atoms with Crippen molar-refractivity contribution in [1.29, 1.82) is 0 Å². The molecule has 0 saturated heterocycles. The summed E-state index contributed by atoms with van der Waals surface area (Å²) in [4.78, 5) is 23.6. The number of anilines is 1. The number of benzene rings is 2. The Morgan fingerprint density at radius 3 is 2.38 bits per heavy atom. The third kappa shape index (κ3) is 7.11. The van der Waals surface area contributed by atoms with E-state index < -0.39 is 23.6 Å². The number of nitrogens with zero attached hydrogens (tertiary/aromatic N) is 1. The van der Waals surface area contributed by atoms with Gasteiger partial charge in [0.1, 0.15) is 5.75 Å². The minimum atomic E-state index is -4.56. The average Bonchev–Trinajstić information content (AvgIpc) is 2.68. The van der Waals surface area contributed by atoms with Gasteiger partial charge in [-0.3, -0.25) is 9.59 Å². The first-order valence-corrected chi connectivity index (χ1v) is 8.69. The lowest BCUT2D eigenvalue weighted by Crippen LogP contribution is -2.21. The van der Waals surface area contributed by atoms with Crippen LogP contribution in [0.2, 0.25) is 5.02 Å². The molecule has 10 heteroatoms. The van der Waals surface area contributed by atoms with Crippen molar-refractivity contribution in [3.8, 4) is 5.75 Å². The Hall–Kier alpha value is -3.07. The zero-order valence-corrected chi connectivity index (χ0v) is 16.0. The van der Waals surface area contributed by atoms with Crippen molar-refractivity contribution < 1.29 is 27.5 Å². The molecule has 0 aromatic heterocycles. The summed E-state index contributed by atoms with van der Waals surface area (Å²) >= 11 is 5.81. The third-order valence-electron chi connectivity index (χ3n) is 3.67. The molecule has 0 fully saturated rings. The van der Waals surface area contributed by atoms with Crippen LogP contribution < -0.4 is 15.5 Å². The number of ether oxygens (including phenoxy) is 1. The lowest BCUT2D eigenvalue weighted by molar-refractivity contribution is -0.137. The molecule has 154 valence electrons. The second-order valence-electron chi connectivity index (χ2n) is 5.81. The Kier molecular flexibility index (Phi) is 7.60. The number of hydrogen-bond donors (Lipinski definition) is 2. The highest BCUT2D eigenvalue weighted by molar-refractivity contribution is 6.33. The maximum atomic E-state index is 12.7. The van der Waals surface area contributed by atoms with Gasteiger partial charge in [-0.2, -0.15) is 18.3 Å². The van der Waals surface area contributed by atoms with Crippen molar-refractivity contribution in [3.05, 3.63) is 58.6 Å². The van der Waals surface area contributed by atoms with Crippen molar-refractivity contribution >= 4 is 35.3 Å². The number of methoxy groups -OCH3 is 1. The first-order valence-electron chi connectivity index (χ1n) is 8.31. The van der Waals surface area contributed by atoms with Crippen molar-refractivity contribution in [3.63, 3.8) is 0 Å². The molecule has 0 aliphatic carbocycles. The number of carbonyl (C=O) groups is 2. The van der Waals surface area contributed by atoms with Gasteiger partial charge in [-0.05, 0) is 48.0 Å². The van der Waals surface area contributed by atoms with Crippen LogP contribution in [0, 0.1) is 0 Å². The Balaban J connectivity index is 1.82. The van der Waals surface area contributed by atoms with Gasteiger partial charge in [0, 0.05) is 12.8 Å². The van der Waals surface area contributed by atoms with E-state index in [1.54, 1.807) is 31.4 Å². The van der Waals surface area contributed by atoms with E-state index in [2.05, 4.69) is 15.8 Å². The van der Waals surface area contributed by atoms with Crippen molar-refractivity contribution in [2.24, 2.45) is 5.10 Å². The van der Waals surface area contributed by atoms with E-state index in [9.17, 15) is 22.8 Å². The highest BCUT2D eigenvalue weighted by atomic mass is 35.5. The lowest BCUT2D eigenvalue weighted by Gasteiger charge is -2.11. The van der Waals surface area contributed by atoms with E-state index in [1.807, 2.05) is 0 Å². The van der Waals surface area contributed by atoms with Crippen LogP contribution in [0.1, 0.15) is 24.0 Å². The molecular formula is C19H17ClF3N3O3. The second-order valence-corrected chi connectivity index (χ2v) is 6.21. The van der Waals surface area contributed by atoms with Gasteiger partial charge in [-0.15, -0.1) is 0 Å². The number of amides is 2. The summed E-state index contributed by atoms with van der Waals surface area (Å²) in [5, 5.41) is 6.00. The molecule has 0 radical (unpaired) electrons. The molecule has 0 aliphatic rings. The van der Waals surface area contributed by atoms with Crippen LogP contribution in [0.3, 0.4) is 0 Å². The number of carbonyl (C=O) groups excluding carboxylic acids is 2. The average molecular weight is 428 g/mol. The number of alkyl halides is 3. The molecule has 0 saturated carbocycles. The molecule has 2 aromatic carbocycles. The van der Waals surface area contributed by atoms with Crippen LogP contribution >= 0.6 is 11.6 Å². The van der Waals surface area contributed by atoms with E-state index in [0.717, 1.165) is 23.8 Å². The lowest BCUT2D eigenvalue weighted by atomic mass is 10.2. The molecule has 2 rings (SSSR count). The molecule has 6 nitrogen and oxygen atoms in total. The quantitative estimate of drug-likeness (QED) is 0.512. The Morgan fingerprint density at radius 1 is 1.10 bits per heavy atom. The summed E-state index contributed by atoms with van der Waals surface area (Å²) in [5.41, 5.74) is 1.87. The van der Waals surface area contributed by atoms with Gasteiger partial charge in [-0.1, -0.05) is 11.6 Å². The fraction of sp³-hybridized carbons (Fsp3) is 0.211. The van der Waals surface area contributed by atoms with Gasteiger partial charge in [0.05, 0.1) is 29.6 Å². The maximum absolute atomic E-state index is 12.7. The van der Waals surface area contributed by atoms with Gasteiger partial charge in [0.15, 0.2) is 0 Å². The Bertz CT molecular complexity index is 900. The van der Waals surface area contributed by atoms with Crippen molar-refractivity contribution in [2.75, 3.05) is 12.4 Å². The monoisotopic (exact) mass is 427 g/mol. The summed E-state index contributed by atoms with van der Waals surface area (Å²) in [6, 6.07) is 9.52. The van der Waals surface area contributed by atoms with Crippen LogP contribution in [0.5, 0.6) is 5.75 Å². The fourth-order valence-electron chi connectivity index (χ4n) is 2.16. The number of rotatable bonds is 7. The van der Waals surface area contributed by atoms with Crippen LogP contribution in [0.15, 0.2) is 47.6 Å². The highest BCUT2D eigenvalue weighted by Crippen LogP contribution is 2.33. The topological polar surface area (TPSA) is 79.8 Å². The van der Waals surface area contributed by atoms with Gasteiger partial charge >= 0.3 is 6.18 Å². The third-order valence-corrected chi connectivity index (χ3v) is 4.00. The summed E-state index contributed by atoms with van der Waals surface area (Å²) < 4.78 is 43.2. The van der Waals surface area contributed by atoms with Gasteiger partial charge in [-0.25, -0.2) is 5.43 Å². The van der Waals surface area contributed by atoms with Crippen LogP contribution in [-0.4, -0.2) is 25.1 Å². The molecule has 0 unspecified atom stereocenters. The first-order chi connectivity index (χ1) is 13.7. The summed E-state index contributed by atoms with van der Waals surface area (Å²) in [6.45, 7) is 0. The van der Waals surface area contributed by atoms with Crippen LogP contribution in [0.25, 0.3) is 0 Å². The van der Waals surface area contributed by atoms with E-state index >= 15 is 0 Å². The molecule has 0 heterocycles. The normalized spacial score (nSPS) is 11.3. The largest absolute Gasteiger partial charge is 0.497 e. The van der Waals surface area contributed by atoms with E-state index in [1.165, 1.54) is 6.21 Å². The zero-order valence-electron chi connectivity index (χ0n) is 15.2. The number of halogens is 4. The number of nitrogens with one attached hydrogen (secondary N) is 2. The predicted molar refractivity (Wildman–Crippen MR) is 103 cm³/mol. The zero-order chi connectivity index (χ0) is 21.4. The first kappa shape index (κ1) is 22.2. The van der Waals surface area contributed by atoms with Crippen molar-refractivity contribution in [1.82, 2.24) is 5.43 Å². The van der Waals surface area contributed by atoms with Gasteiger partial charge in [0.2, 0.25) is 11.8 Å². The molecule has 2 aromatic rings. The minimum absolute atomic E-state index is 0.0418.